The first-order valence-electron chi connectivity index (χ1n) is 7.45. The fourth-order valence-electron chi connectivity index (χ4n) is 3.30. The van der Waals surface area contributed by atoms with Crippen LogP contribution in [0.5, 0.6) is 0 Å². The lowest BCUT2D eigenvalue weighted by molar-refractivity contribution is 0.200. The van der Waals surface area contributed by atoms with E-state index >= 15 is 0 Å². The van der Waals surface area contributed by atoms with Gasteiger partial charge >= 0.3 is 0 Å². The highest BCUT2D eigenvalue weighted by molar-refractivity contribution is 4.81. The summed E-state index contributed by atoms with van der Waals surface area (Å²) < 4.78 is 0. The molecule has 2 saturated heterocycles. The van der Waals surface area contributed by atoms with Gasteiger partial charge in [0.2, 0.25) is 0 Å². The van der Waals surface area contributed by atoms with Crippen molar-refractivity contribution in [2.24, 2.45) is 0 Å². The summed E-state index contributed by atoms with van der Waals surface area (Å²) in [5.41, 5.74) is 0. The highest BCUT2D eigenvalue weighted by atomic mass is 15.2. The van der Waals surface area contributed by atoms with Crippen molar-refractivity contribution in [2.75, 3.05) is 39.8 Å². The van der Waals surface area contributed by atoms with E-state index in [4.69, 9.17) is 0 Å². The van der Waals surface area contributed by atoms with Gasteiger partial charge in [0.15, 0.2) is 0 Å². The van der Waals surface area contributed by atoms with E-state index in [-0.39, 0.29) is 0 Å². The molecule has 0 aromatic rings. The number of nitrogens with zero attached hydrogens (tertiary/aromatic N) is 2. The molecule has 0 spiro atoms. The van der Waals surface area contributed by atoms with Crippen LogP contribution in [0.2, 0.25) is 0 Å². The van der Waals surface area contributed by atoms with Gasteiger partial charge < -0.3 is 15.1 Å². The third-order valence-corrected chi connectivity index (χ3v) is 4.53. The van der Waals surface area contributed by atoms with Crippen molar-refractivity contribution in [2.45, 2.75) is 51.1 Å². The summed E-state index contributed by atoms with van der Waals surface area (Å²) in [5.74, 6) is 0. The van der Waals surface area contributed by atoms with E-state index in [9.17, 15) is 0 Å². The van der Waals surface area contributed by atoms with E-state index in [0.29, 0.717) is 0 Å². The molecule has 3 nitrogen and oxygen atoms in total. The van der Waals surface area contributed by atoms with Crippen LogP contribution in [0.1, 0.15) is 39.0 Å². The molecule has 2 fully saturated rings. The van der Waals surface area contributed by atoms with Crippen molar-refractivity contribution >= 4 is 0 Å². The Balaban J connectivity index is 1.75. The third kappa shape index (κ3) is 3.94. The topological polar surface area (TPSA) is 18.5 Å². The largest absolute Gasteiger partial charge is 0.313 e. The van der Waals surface area contributed by atoms with Crippen molar-refractivity contribution in [3.63, 3.8) is 0 Å². The van der Waals surface area contributed by atoms with Gasteiger partial charge in [-0.1, -0.05) is 6.92 Å². The number of likely N-dealkylation sites (N-methyl/N-ethyl adjacent to an activating group) is 1. The van der Waals surface area contributed by atoms with Crippen LogP contribution in [-0.2, 0) is 0 Å². The average Bonchev–Trinajstić information content (AvgIpc) is 2.71. The van der Waals surface area contributed by atoms with Crippen molar-refractivity contribution in [3.8, 4) is 0 Å². The van der Waals surface area contributed by atoms with Gasteiger partial charge in [-0.2, -0.15) is 0 Å². The summed E-state index contributed by atoms with van der Waals surface area (Å²) in [6, 6.07) is 1.57. The maximum Gasteiger partial charge on any atom is 0.0195 e. The Labute approximate surface area is 107 Å². The highest BCUT2D eigenvalue weighted by Gasteiger charge is 2.23. The van der Waals surface area contributed by atoms with Crippen LogP contribution in [-0.4, -0.2) is 61.7 Å². The number of likely N-dealkylation sites (tertiary alicyclic amines) is 1. The lowest BCUT2D eigenvalue weighted by Gasteiger charge is -2.29. The first-order valence-corrected chi connectivity index (χ1v) is 7.45. The third-order valence-electron chi connectivity index (χ3n) is 4.53. The second-order valence-corrected chi connectivity index (χ2v) is 5.75. The van der Waals surface area contributed by atoms with Gasteiger partial charge in [0.05, 0.1) is 0 Å². The van der Waals surface area contributed by atoms with Crippen molar-refractivity contribution in [3.05, 3.63) is 0 Å². The SMILES string of the molecule is CCN1CCCC(N(C)CC2CCCN2)CC1. The molecule has 0 aromatic heterocycles. The average molecular weight is 239 g/mol. The van der Waals surface area contributed by atoms with E-state index in [1.807, 2.05) is 0 Å². The fourth-order valence-corrected chi connectivity index (χ4v) is 3.30. The predicted octanol–water partition coefficient (Wildman–Crippen LogP) is 1.54. The molecular formula is C14H29N3. The maximum absolute atomic E-state index is 3.61. The molecule has 17 heavy (non-hydrogen) atoms. The van der Waals surface area contributed by atoms with E-state index in [0.717, 1.165) is 12.1 Å². The van der Waals surface area contributed by atoms with Crippen molar-refractivity contribution < 1.29 is 0 Å². The molecular weight excluding hydrogens is 210 g/mol. The molecule has 0 radical (unpaired) electrons. The molecule has 2 aliphatic rings. The molecule has 2 aliphatic heterocycles. The van der Waals surface area contributed by atoms with Crippen LogP contribution >= 0.6 is 0 Å². The highest BCUT2D eigenvalue weighted by Crippen LogP contribution is 2.17. The molecule has 0 amide bonds. The summed E-state index contributed by atoms with van der Waals surface area (Å²) in [6.07, 6.45) is 6.86. The zero-order valence-electron chi connectivity index (χ0n) is 11.6. The molecule has 0 aromatic carbocycles. The Hall–Kier alpha value is -0.120. The quantitative estimate of drug-likeness (QED) is 0.803. The van der Waals surface area contributed by atoms with E-state index in [2.05, 4.69) is 29.1 Å². The molecule has 0 aliphatic carbocycles. The lowest BCUT2D eigenvalue weighted by atomic mass is 10.1. The van der Waals surface area contributed by atoms with Crippen LogP contribution in [0.15, 0.2) is 0 Å². The second kappa shape index (κ2) is 6.72. The summed E-state index contributed by atoms with van der Waals surface area (Å²) in [7, 11) is 2.33. The van der Waals surface area contributed by atoms with Gasteiger partial charge in [0, 0.05) is 18.6 Å². The number of hydrogen-bond donors (Lipinski definition) is 1. The van der Waals surface area contributed by atoms with Gasteiger partial charge in [-0.3, -0.25) is 0 Å². The van der Waals surface area contributed by atoms with Crippen LogP contribution in [0.4, 0.5) is 0 Å². The van der Waals surface area contributed by atoms with Crippen LogP contribution in [0, 0.1) is 0 Å². The number of nitrogens with one attached hydrogen (secondary N) is 1. The first kappa shape index (κ1) is 13.3. The lowest BCUT2D eigenvalue weighted by Crippen LogP contribution is -2.41. The van der Waals surface area contributed by atoms with E-state index in [1.165, 1.54) is 64.8 Å². The van der Waals surface area contributed by atoms with Gasteiger partial charge in [-0.25, -0.2) is 0 Å². The Morgan fingerprint density at radius 1 is 1.18 bits per heavy atom. The normalized spacial score (nSPS) is 31.9. The summed E-state index contributed by atoms with van der Waals surface area (Å²) >= 11 is 0. The second-order valence-electron chi connectivity index (χ2n) is 5.75. The Bertz CT molecular complexity index is 214. The fraction of sp³-hybridized carbons (Fsp3) is 1.00. The van der Waals surface area contributed by atoms with Crippen molar-refractivity contribution in [1.82, 2.24) is 15.1 Å². The molecule has 1 N–H and O–H groups in total. The molecule has 2 rings (SSSR count). The molecule has 100 valence electrons. The van der Waals surface area contributed by atoms with Crippen LogP contribution < -0.4 is 5.32 Å². The maximum atomic E-state index is 3.61. The molecule has 2 atom stereocenters. The number of hydrogen-bond acceptors (Lipinski definition) is 3. The number of rotatable bonds is 4. The molecule has 2 unspecified atom stereocenters. The summed E-state index contributed by atoms with van der Waals surface area (Å²) in [6.45, 7) is 8.59. The zero-order chi connectivity index (χ0) is 12.1. The minimum absolute atomic E-state index is 0.755. The standard InChI is InChI=1S/C14H29N3/c1-3-17-10-5-7-14(8-11-17)16(2)12-13-6-4-9-15-13/h13-15H,3-12H2,1-2H3. The van der Waals surface area contributed by atoms with Gasteiger partial charge in [0.1, 0.15) is 0 Å². The summed E-state index contributed by atoms with van der Waals surface area (Å²) in [5, 5.41) is 3.61. The smallest absolute Gasteiger partial charge is 0.0195 e. The minimum atomic E-state index is 0.755. The first-order chi connectivity index (χ1) is 8.29. The van der Waals surface area contributed by atoms with E-state index in [1.54, 1.807) is 0 Å². The van der Waals surface area contributed by atoms with Gasteiger partial charge in [0.25, 0.3) is 0 Å². The molecule has 0 saturated carbocycles. The predicted molar refractivity (Wildman–Crippen MR) is 73.4 cm³/mol. The monoisotopic (exact) mass is 239 g/mol. The van der Waals surface area contributed by atoms with Crippen LogP contribution in [0.25, 0.3) is 0 Å². The molecule has 2 heterocycles. The molecule has 3 heteroatoms. The minimum Gasteiger partial charge on any atom is -0.313 e. The van der Waals surface area contributed by atoms with E-state index < -0.39 is 0 Å². The Morgan fingerprint density at radius 3 is 2.76 bits per heavy atom. The van der Waals surface area contributed by atoms with Gasteiger partial charge in [-0.05, 0) is 65.3 Å². The van der Waals surface area contributed by atoms with Crippen LogP contribution in [0.3, 0.4) is 0 Å². The Kier molecular flexibility index (Phi) is 5.26. The zero-order valence-corrected chi connectivity index (χ0v) is 11.6. The summed E-state index contributed by atoms with van der Waals surface area (Å²) in [4.78, 5) is 5.21. The Morgan fingerprint density at radius 2 is 2.06 bits per heavy atom. The van der Waals surface area contributed by atoms with Crippen molar-refractivity contribution in [1.29, 1.82) is 0 Å². The van der Waals surface area contributed by atoms with Gasteiger partial charge in [-0.15, -0.1) is 0 Å². The molecule has 0 bridgehead atoms.